The number of carbonyl (C=O) groups is 2. The van der Waals surface area contributed by atoms with Gasteiger partial charge in [-0.05, 0) is 50.1 Å². The second-order valence-electron chi connectivity index (χ2n) is 7.15. The van der Waals surface area contributed by atoms with Crippen molar-refractivity contribution in [2.45, 2.75) is 25.9 Å². The molecule has 0 saturated carbocycles. The number of amides is 1. The van der Waals surface area contributed by atoms with Crippen molar-refractivity contribution in [2.24, 2.45) is 0 Å². The van der Waals surface area contributed by atoms with Gasteiger partial charge in [-0.1, -0.05) is 0 Å². The van der Waals surface area contributed by atoms with Crippen molar-refractivity contribution < 1.29 is 28.2 Å². The molecule has 1 aromatic heterocycles. The van der Waals surface area contributed by atoms with Crippen LogP contribution in [-0.4, -0.2) is 38.6 Å². The van der Waals surface area contributed by atoms with Crippen LogP contribution < -0.4 is 14.8 Å². The Morgan fingerprint density at radius 1 is 1.10 bits per heavy atom. The fourth-order valence-corrected chi connectivity index (χ4v) is 3.64. The van der Waals surface area contributed by atoms with Crippen LogP contribution in [0.4, 0.5) is 5.69 Å². The Labute approximate surface area is 173 Å². The Bertz CT molecular complexity index is 1110. The zero-order valence-corrected chi connectivity index (χ0v) is 17.1. The minimum absolute atomic E-state index is 0.174. The average Bonchev–Trinajstić information content (AvgIpc) is 3.41. The summed E-state index contributed by atoms with van der Waals surface area (Å²) in [6.07, 6.45) is 1.18. The maximum atomic E-state index is 13.2. The number of hydrogen-bond acceptors (Lipinski definition) is 6. The third-order valence-electron chi connectivity index (χ3n) is 5.29. The molecule has 0 radical (unpaired) electrons. The van der Waals surface area contributed by atoms with Crippen molar-refractivity contribution in [3.8, 4) is 11.5 Å². The first-order valence-electron chi connectivity index (χ1n) is 9.74. The number of carbonyl (C=O) groups excluding carboxylic acids is 2. The number of furan rings is 1. The zero-order valence-electron chi connectivity index (χ0n) is 17.1. The summed E-state index contributed by atoms with van der Waals surface area (Å²) in [7, 11) is 3.04. The molecule has 30 heavy (non-hydrogen) atoms. The summed E-state index contributed by atoms with van der Waals surface area (Å²) in [4.78, 5) is 25.5. The number of ether oxygens (including phenoxy) is 3. The van der Waals surface area contributed by atoms with Gasteiger partial charge in [0.1, 0.15) is 23.2 Å². The summed E-state index contributed by atoms with van der Waals surface area (Å²) < 4.78 is 21.9. The minimum atomic E-state index is -0.420. The molecule has 1 fully saturated rings. The molecule has 0 spiro atoms. The van der Waals surface area contributed by atoms with E-state index in [-0.39, 0.29) is 17.5 Å². The molecule has 1 amide bonds. The lowest BCUT2D eigenvalue weighted by molar-refractivity contribution is -0.124. The number of nitrogens with one attached hydrogen (secondary N) is 1. The summed E-state index contributed by atoms with van der Waals surface area (Å²) in [6, 6.07) is 10.4. The van der Waals surface area contributed by atoms with E-state index < -0.39 is 6.10 Å². The van der Waals surface area contributed by atoms with Crippen LogP contribution in [-0.2, 0) is 9.53 Å². The smallest absolute Gasteiger partial charge is 0.253 e. The molecule has 1 atom stereocenters. The van der Waals surface area contributed by atoms with Crippen molar-refractivity contribution in [3.63, 3.8) is 0 Å². The molecule has 0 bridgehead atoms. The van der Waals surface area contributed by atoms with Gasteiger partial charge in [-0.2, -0.15) is 0 Å². The van der Waals surface area contributed by atoms with Gasteiger partial charge < -0.3 is 23.9 Å². The number of aryl methyl sites for hydroxylation is 1. The summed E-state index contributed by atoms with van der Waals surface area (Å²) in [5, 5.41) is 3.65. The molecular weight excluding hydrogens is 386 g/mol. The number of fused-ring (bicyclic) bond motifs is 1. The lowest BCUT2D eigenvalue weighted by Gasteiger charge is -2.10. The first kappa shape index (κ1) is 20.0. The van der Waals surface area contributed by atoms with Crippen molar-refractivity contribution in [2.75, 3.05) is 26.1 Å². The van der Waals surface area contributed by atoms with E-state index in [1.165, 1.54) is 14.2 Å². The fraction of sp³-hybridized carbons (Fsp3) is 0.304. The van der Waals surface area contributed by atoms with E-state index in [1.807, 2.05) is 13.0 Å². The number of rotatable bonds is 6. The van der Waals surface area contributed by atoms with Crippen molar-refractivity contribution in [1.82, 2.24) is 0 Å². The quantitative estimate of drug-likeness (QED) is 0.617. The van der Waals surface area contributed by atoms with Gasteiger partial charge in [-0.3, -0.25) is 9.59 Å². The fourth-order valence-electron chi connectivity index (χ4n) is 3.64. The number of anilines is 1. The third-order valence-corrected chi connectivity index (χ3v) is 5.29. The molecule has 3 aromatic rings. The van der Waals surface area contributed by atoms with E-state index in [2.05, 4.69) is 5.32 Å². The van der Waals surface area contributed by atoms with E-state index in [4.69, 9.17) is 18.6 Å². The molecule has 1 aliphatic rings. The molecule has 2 heterocycles. The SMILES string of the molecule is COc1ccc(OC)c(C(=O)c2oc3cc(NC(=O)C4CCCO4)ccc3c2C)c1. The topological polar surface area (TPSA) is 87.0 Å². The Hall–Kier alpha value is -3.32. The monoisotopic (exact) mass is 409 g/mol. The molecule has 0 aliphatic carbocycles. The summed E-state index contributed by atoms with van der Waals surface area (Å²) >= 11 is 0. The van der Waals surface area contributed by atoms with Gasteiger partial charge in [-0.15, -0.1) is 0 Å². The normalized spacial score (nSPS) is 15.9. The summed E-state index contributed by atoms with van der Waals surface area (Å²) in [5.74, 6) is 0.730. The van der Waals surface area contributed by atoms with E-state index in [1.54, 1.807) is 30.3 Å². The molecule has 2 aromatic carbocycles. The van der Waals surface area contributed by atoms with Crippen LogP contribution in [0.2, 0.25) is 0 Å². The highest BCUT2D eigenvalue weighted by molar-refractivity contribution is 6.12. The second kappa shape index (κ2) is 8.20. The van der Waals surface area contributed by atoms with Crippen LogP contribution in [0.5, 0.6) is 11.5 Å². The highest BCUT2D eigenvalue weighted by Crippen LogP contribution is 2.32. The predicted molar refractivity (Wildman–Crippen MR) is 112 cm³/mol. The molecule has 1 unspecified atom stereocenters. The number of ketones is 1. The van der Waals surface area contributed by atoms with Crippen LogP contribution in [0.15, 0.2) is 40.8 Å². The Morgan fingerprint density at radius 3 is 2.63 bits per heavy atom. The zero-order chi connectivity index (χ0) is 21.3. The van der Waals surface area contributed by atoms with Crippen molar-refractivity contribution in [1.29, 1.82) is 0 Å². The maximum Gasteiger partial charge on any atom is 0.253 e. The van der Waals surface area contributed by atoms with Crippen LogP contribution >= 0.6 is 0 Å². The molecule has 7 nitrogen and oxygen atoms in total. The van der Waals surface area contributed by atoms with E-state index in [0.717, 1.165) is 23.8 Å². The Kier molecular flexibility index (Phi) is 5.46. The van der Waals surface area contributed by atoms with Gasteiger partial charge in [0.2, 0.25) is 5.78 Å². The van der Waals surface area contributed by atoms with Crippen LogP contribution in [0.1, 0.15) is 34.5 Å². The van der Waals surface area contributed by atoms with Gasteiger partial charge in [-0.25, -0.2) is 0 Å². The Balaban J connectivity index is 1.66. The van der Waals surface area contributed by atoms with Gasteiger partial charge in [0.25, 0.3) is 5.91 Å². The lowest BCUT2D eigenvalue weighted by atomic mass is 10.0. The van der Waals surface area contributed by atoms with Crippen molar-refractivity contribution in [3.05, 3.63) is 53.3 Å². The number of benzene rings is 2. The maximum absolute atomic E-state index is 13.2. The molecule has 4 rings (SSSR count). The summed E-state index contributed by atoms with van der Waals surface area (Å²) in [6.45, 7) is 2.43. The highest BCUT2D eigenvalue weighted by Gasteiger charge is 2.25. The molecular formula is C23H23NO6. The van der Waals surface area contributed by atoms with Crippen LogP contribution in [0.3, 0.4) is 0 Å². The molecule has 1 saturated heterocycles. The Morgan fingerprint density at radius 2 is 1.93 bits per heavy atom. The lowest BCUT2D eigenvalue weighted by Crippen LogP contribution is -2.26. The van der Waals surface area contributed by atoms with E-state index in [0.29, 0.717) is 34.9 Å². The first-order valence-corrected chi connectivity index (χ1v) is 9.74. The number of hydrogen-bond donors (Lipinski definition) is 1. The standard InChI is InChI=1S/C23H23NO6/c1-13-16-8-6-14(24-23(26)19-5-4-10-29-19)11-20(16)30-22(13)21(25)17-12-15(27-2)7-9-18(17)28-3/h6-9,11-12,19H,4-5,10H2,1-3H3,(H,24,26). The first-order chi connectivity index (χ1) is 14.5. The molecule has 7 heteroatoms. The van der Waals surface area contributed by atoms with E-state index in [9.17, 15) is 9.59 Å². The number of methoxy groups -OCH3 is 2. The molecule has 1 aliphatic heterocycles. The second-order valence-corrected chi connectivity index (χ2v) is 7.15. The van der Waals surface area contributed by atoms with Gasteiger partial charge >= 0.3 is 0 Å². The van der Waals surface area contributed by atoms with Gasteiger partial charge in [0, 0.05) is 29.3 Å². The largest absolute Gasteiger partial charge is 0.497 e. The van der Waals surface area contributed by atoms with Crippen LogP contribution in [0, 0.1) is 6.92 Å². The predicted octanol–water partition coefficient (Wildman–Crippen LogP) is 4.11. The molecule has 1 N–H and O–H groups in total. The van der Waals surface area contributed by atoms with Gasteiger partial charge in [0.05, 0.1) is 19.8 Å². The minimum Gasteiger partial charge on any atom is -0.497 e. The van der Waals surface area contributed by atoms with Gasteiger partial charge in [0.15, 0.2) is 5.76 Å². The highest BCUT2D eigenvalue weighted by atomic mass is 16.5. The summed E-state index contributed by atoms with van der Waals surface area (Å²) in [5.41, 5.74) is 2.18. The van der Waals surface area contributed by atoms with Crippen LogP contribution in [0.25, 0.3) is 11.0 Å². The van der Waals surface area contributed by atoms with E-state index >= 15 is 0 Å². The third kappa shape index (κ3) is 3.64. The van der Waals surface area contributed by atoms with Crippen molar-refractivity contribution >= 4 is 28.3 Å². The molecule has 156 valence electrons. The average molecular weight is 409 g/mol.